The Morgan fingerprint density at radius 3 is 1.36 bits per heavy atom. The summed E-state index contributed by atoms with van der Waals surface area (Å²) < 4.78 is 28.6. The molecule has 5 rings (SSSR count). The minimum atomic E-state index is -0.462. The summed E-state index contributed by atoms with van der Waals surface area (Å²) in [5, 5.41) is 8.33. The smallest absolute Gasteiger partial charge is 0.343 e. The quantitative estimate of drug-likeness (QED) is 0.0672. The zero-order chi connectivity index (χ0) is 33.2. The minimum Gasteiger partial charge on any atom is -0.493 e. The second kappa shape index (κ2) is 15.7. The predicted molar refractivity (Wildman–Crippen MR) is 178 cm³/mol. The SMILES string of the molecule is CCCCOc1ccc(C(=O)Oc2ccc(-c3nnc(-c4ccc(OC(=O)c5ccc(OCCCC)c(C)c5)cc4)o3)cc2)cc1C. The van der Waals surface area contributed by atoms with Gasteiger partial charge in [0.2, 0.25) is 11.8 Å². The van der Waals surface area contributed by atoms with E-state index in [1.54, 1.807) is 84.9 Å². The van der Waals surface area contributed by atoms with Crippen molar-refractivity contribution in [1.29, 1.82) is 0 Å². The van der Waals surface area contributed by atoms with Crippen LogP contribution >= 0.6 is 0 Å². The second-order valence-corrected chi connectivity index (χ2v) is 11.1. The third-order valence-corrected chi connectivity index (χ3v) is 7.38. The summed E-state index contributed by atoms with van der Waals surface area (Å²) in [6.07, 6.45) is 4.05. The van der Waals surface area contributed by atoms with Crippen LogP contribution in [0.5, 0.6) is 23.0 Å². The summed E-state index contributed by atoms with van der Waals surface area (Å²) in [4.78, 5) is 25.5. The lowest BCUT2D eigenvalue weighted by atomic mass is 10.1. The van der Waals surface area contributed by atoms with E-state index in [0.29, 0.717) is 58.7 Å². The molecule has 0 aliphatic carbocycles. The number of hydrogen-bond acceptors (Lipinski definition) is 9. The maximum absolute atomic E-state index is 12.7. The van der Waals surface area contributed by atoms with Crippen LogP contribution in [-0.4, -0.2) is 35.3 Å². The highest BCUT2D eigenvalue weighted by Crippen LogP contribution is 2.28. The highest BCUT2D eigenvalue weighted by atomic mass is 16.5. The van der Waals surface area contributed by atoms with Gasteiger partial charge in [-0.3, -0.25) is 0 Å². The van der Waals surface area contributed by atoms with E-state index in [0.717, 1.165) is 48.3 Å². The molecule has 242 valence electrons. The highest BCUT2D eigenvalue weighted by molar-refractivity contribution is 5.92. The molecule has 0 bridgehead atoms. The maximum Gasteiger partial charge on any atom is 0.343 e. The fourth-order valence-corrected chi connectivity index (χ4v) is 4.65. The number of esters is 2. The molecule has 0 N–H and O–H groups in total. The topological polar surface area (TPSA) is 110 Å². The zero-order valence-electron chi connectivity index (χ0n) is 27.1. The molecule has 0 radical (unpaired) electrons. The molecule has 0 spiro atoms. The number of carbonyl (C=O) groups is 2. The van der Waals surface area contributed by atoms with Crippen LogP contribution in [0, 0.1) is 13.8 Å². The Kier molecular flexibility index (Phi) is 11.0. The first-order valence-corrected chi connectivity index (χ1v) is 15.8. The Morgan fingerprint density at radius 2 is 1.00 bits per heavy atom. The van der Waals surface area contributed by atoms with Crippen molar-refractivity contribution in [2.24, 2.45) is 0 Å². The first kappa shape index (κ1) is 32.9. The van der Waals surface area contributed by atoms with E-state index in [1.165, 1.54) is 0 Å². The van der Waals surface area contributed by atoms with E-state index < -0.39 is 11.9 Å². The molecule has 1 heterocycles. The molecule has 0 atom stereocenters. The monoisotopic (exact) mass is 634 g/mol. The van der Waals surface area contributed by atoms with Gasteiger partial charge in [0.25, 0.3) is 0 Å². The number of aromatic nitrogens is 2. The van der Waals surface area contributed by atoms with Crippen molar-refractivity contribution < 1.29 is 33.0 Å². The molecule has 0 amide bonds. The van der Waals surface area contributed by atoms with Gasteiger partial charge in [0.15, 0.2) is 0 Å². The van der Waals surface area contributed by atoms with Gasteiger partial charge in [0.1, 0.15) is 23.0 Å². The third-order valence-electron chi connectivity index (χ3n) is 7.38. The first-order chi connectivity index (χ1) is 22.8. The van der Waals surface area contributed by atoms with Crippen molar-refractivity contribution in [1.82, 2.24) is 10.2 Å². The molecule has 0 aliphatic rings. The average Bonchev–Trinajstić information content (AvgIpc) is 3.57. The van der Waals surface area contributed by atoms with Crippen LogP contribution in [-0.2, 0) is 0 Å². The van der Waals surface area contributed by atoms with Crippen LogP contribution in [0.15, 0.2) is 89.3 Å². The van der Waals surface area contributed by atoms with Gasteiger partial charge in [-0.05, 0) is 123 Å². The Morgan fingerprint density at radius 1 is 0.596 bits per heavy atom. The fourth-order valence-electron chi connectivity index (χ4n) is 4.65. The van der Waals surface area contributed by atoms with Gasteiger partial charge in [0.05, 0.1) is 24.3 Å². The van der Waals surface area contributed by atoms with Crippen molar-refractivity contribution in [3.05, 3.63) is 107 Å². The number of aryl methyl sites for hydroxylation is 2. The van der Waals surface area contributed by atoms with Gasteiger partial charge in [-0.15, -0.1) is 10.2 Å². The summed E-state index contributed by atoms with van der Waals surface area (Å²) in [5.41, 5.74) is 3.95. The molecule has 9 nitrogen and oxygen atoms in total. The summed E-state index contributed by atoms with van der Waals surface area (Å²) >= 11 is 0. The number of rotatable bonds is 14. The standard InChI is InChI=1S/C38H38N2O7/c1-5-7-21-43-33-19-13-29(23-25(33)3)37(41)45-31-15-9-27(10-16-31)35-39-40-36(47-35)28-11-17-32(18-12-28)46-38(42)30-14-20-34(26(4)24-30)44-22-8-6-2/h9-20,23-24H,5-8,21-22H2,1-4H3. The molecule has 0 unspecified atom stereocenters. The number of benzene rings is 4. The summed E-state index contributed by atoms with van der Waals surface area (Å²) in [7, 11) is 0. The van der Waals surface area contributed by atoms with E-state index in [-0.39, 0.29) is 0 Å². The number of nitrogens with zero attached hydrogens (tertiary/aromatic N) is 2. The molecule has 47 heavy (non-hydrogen) atoms. The lowest BCUT2D eigenvalue weighted by molar-refractivity contribution is 0.0725. The summed E-state index contributed by atoms with van der Waals surface area (Å²) in [6, 6.07) is 24.2. The van der Waals surface area contributed by atoms with Gasteiger partial charge >= 0.3 is 11.9 Å². The van der Waals surface area contributed by atoms with E-state index in [4.69, 9.17) is 23.4 Å². The Hall–Kier alpha value is -5.44. The Balaban J connectivity index is 1.16. The number of hydrogen-bond donors (Lipinski definition) is 0. The molecule has 0 saturated heterocycles. The van der Waals surface area contributed by atoms with Crippen LogP contribution in [0.1, 0.15) is 71.4 Å². The Labute approximate surface area is 274 Å². The third kappa shape index (κ3) is 8.64. The van der Waals surface area contributed by atoms with Crippen LogP contribution in [0.2, 0.25) is 0 Å². The molecule has 4 aromatic carbocycles. The Bertz CT molecular complexity index is 1680. The molecule has 0 fully saturated rings. The molecular weight excluding hydrogens is 596 g/mol. The number of unbranched alkanes of at least 4 members (excludes halogenated alkanes) is 2. The summed E-state index contributed by atoms with van der Waals surface area (Å²) in [5.74, 6) is 1.98. The van der Waals surface area contributed by atoms with Gasteiger partial charge in [0, 0.05) is 11.1 Å². The minimum absolute atomic E-state index is 0.306. The molecule has 9 heteroatoms. The van der Waals surface area contributed by atoms with Crippen LogP contribution in [0.25, 0.3) is 22.9 Å². The number of ether oxygens (including phenoxy) is 4. The van der Waals surface area contributed by atoms with Crippen LogP contribution in [0.4, 0.5) is 0 Å². The van der Waals surface area contributed by atoms with Gasteiger partial charge in [-0.25, -0.2) is 9.59 Å². The molecule has 1 aromatic heterocycles. The average molecular weight is 635 g/mol. The zero-order valence-corrected chi connectivity index (χ0v) is 27.1. The van der Waals surface area contributed by atoms with Crippen LogP contribution in [0.3, 0.4) is 0 Å². The molecule has 0 aliphatic heterocycles. The predicted octanol–water partition coefficient (Wildman–Crippen LogP) is 8.82. The van der Waals surface area contributed by atoms with Crippen molar-refractivity contribution in [3.63, 3.8) is 0 Å². The maximum atomic E-state index is 12.7. The van der Waals surface area contributed by atoms with Crippen molar-refractivity contribution >= 4 is 11.9 Å². The highest BCUT2D eigenvalue weighted by Gasteiger charge is 2.15. The fraction of sp³-hybridized carbons (Fsp3) is 0.263. The first-order valence-electron chi connectivity index (χ1n) is 15.8. The lowest BCUT2D eigenvalue weighted by Crippen LogP contribution is -2.09. The lowest BCUT2D eigenvalue weighted by Gasteiger charge is -2.10. The summed E-state index contributed by atoms with van der Waals surface area (Å²) in [6.45, 7) is 9.31. The van der Waals surface area contributed by atoms with Gasteiger partial charge in [-0.2, -0.15) is 0 Å². The molecule has 5 aromatic rings. The molecular formula is C38H38N2O7. The normalized spacial score (nSPS) is 10.8. The van der Waals surface area contributed by atoms with E-state index in [9.17, 15) is 9.59 Å². The van der Waals surface area contributed by atoms with Crippen molar-refractivity contribution in [2.45, 2.75) is 53.4 Å². The van der Waals surface area contributed by atoms with Gasteiger partial charge < -0.3 is 23.4 Å². The van der Waals surface area contributed by atoms with Crippen molar-refractivity contribution in [3.8, 4) is 45.9 Å². The van der Waals surface area contributed by atoms with Gasteiger partial charge in [-0.1, -0.05) is 26.7 Å². The second-order valence-electron chi connectivity index (χ2n) is 11.1. The molecule has 0 saturated carbocycles. The van der Waals surface area contributed by atoms with E-state index in [2.05, 4.69) is 24.0 Å². The van der Waals surface area contributed by atoms with Crippen LogP contribution < -0.4 is 18.9 Å². The van der Waals surface area contributed by atoms with Crippen molar-refractivity contribution in [2.75, 3.05) is 13.2 Å². The largest absolute Gasteiger partial charge is 0.493 e. The van der Waals surface area contributed by atoms with E-state index in [1.807, 2.05) is 13.8 Å². The van der Waals surface area contributed by atoms with E-state index >= 15 is 0 Å². The number of carbonyl (C=O) groups excluding carboxylic acids is 2.